The van der Waals surface area contributed by atoms with Crippen LogP contribution in [0.25, 0.3) is 5.69 Å². The molecule has 1 amide bonds. The monoisotopic (exact) mass is 492 g/mol. The van der Waals surface area contributed by atoms with Gasteiger partial charge in [0.15, 0.2) is 0 Å². The summed E-state index contributed by atoms with van der Waals surface area (Å²) in [6.07, 6.45) is 0. The van der Waals surface area contributed by atoms with Gasteiger partial charge in [-0.05, 0) is 50.2 Å². The molecule has 2 aliphatic rings. The molecule has 0 atom stereocenters. The van der Waals surface area contributed by atoms with Crippen molar-refractivity contribution in [1.29, 1.82) is 0 Å². The first kappa shape index (κ1) is 23.7. The highest BCUT2D eigenvalue weighted by Crippen LogP contribution is 2.28. The Bertz CT molecular complexity index is 1150. The van der Waals surface area contributed by atoms with E-state index in [1.165, 1.54) is 11.4 Å². The number of aryl methyl sites for hydroxylation is 1. The maximum absolute atomic E-state index is 13.0. The largest absolute Gasteiger partial charge is 0.368 e. The van der Waals surface area contributed by atoms with Gasteiger partial charge in [-0.25, -0.2) is 4.68 Å². The molecule has 2 saturated heterocycles. The average molecular weight is 493 g/mol. The number of anilines is 2. The molecule has 7 nitrogen and oxygen atoms in total. The molecule has 2 fully saturated rings. The standard InChI is InChI=1S/C27H33ClN6O/c1-21-27(22(2)34(29-21)25-6-4-3-5-7-25)33-14-12-30(13-15-33)20-26(35)32-18-16-31(17-19-32)24-10-8-23(28)9-11-24/h3-11H,12-20H2,1-2H3. The highest BCUT2D eigenvalue weighted by molar-refractivity contribution is 6.30. The second-order valence-corrected chi connectivity index (χ2v) is 9.81. The third kappa shape index (κ3) is 5.16. The van der Waals surface area contributed by atoms with E-state index in [9.17, 15) is 4.79 Å². The molecule has 2 aliphatic heterocycles. The van der Waals surface area contributed by atoms with Crippen LogP contribution >= 0.6 is 11.6 Å². The maximum atomic E-state index is 13.0. The van der Waals surface area contributed by atoms with Gasteiger partial charge in [0.2, 0.25) is 5.91 Å². The molecule has 0 unspecified atom stereocenters. The van der Waals surface area contributed by atoms with Crippen LogP contribution in [0.3, 0.4) is 0 Å². The third-order valence-corrected chi connectivity index (χ3v) is 7.38. The number of nitrogens with zero attached hydrogens (tertiary/aromatic N) is 6. The Labute approximate surface area is 212 Å². The molecule has 184 valence electrons. The molecule has 3 heterocycles. The van der Waals surface area contributed by atoms with E-state index in [-0.39, 0.29) is 5.91 Å². The Balaban J connectivity index is 1.13. The smallest absolute Gasteiger partial charge is 0.236 e. The fourth-order valence-corrected chi connectivity index (χ4v) is 5.33. The molecule has 0 bridgehead atoms. The van der Waals surface area contributed by atoms with Crippen molar-refractivity contribution in [3.05, 3.63) is 71.0 Å². The summed E-state index contributed by atoms with van der Waals surface area (Å²) in [5, 5.41) is 5.55. The number of rotatable bonds is 5. The normalized spacial score (nSPS) is 17.2. The van der Waals surface area contributed by atoms with Crippen molar-refractivity contribution in [1.82, 2.24) is 19.6 Å². The Morgan fingerprint density at radius 1 is 0.800 bits per heavy atom. The lowest BCUT2D eigenvalue weighted by Gasteiger charge is -2.39. The van der Waals surface area contributed by atoms with Crippen LogP contribution in [0.1, 0.15) is 11.4 Å². The lowest BCUT2D eigenvalue weighted by molar-refractivity contribution is -0.132. The van der Waals surface area contributed by atoms with E-state index in [0.717, 1.165) is 74.5 Å². The van der Waals surface area contributed by atoms with Gasteiger partial charge < -0.3 is 14.7 Å². The Morgan fingerprint density at radius 2 is 1.43 bits per heavy atom. The second-order valence-electron chi connectivity index (χ2n) is 9.37. The third-order valence-electron chi connectivity index (χ3n) is 7.13. The van der Waals surface area contributed by atoms with E-state index in [0.29, 0.717) is 6.54 Å². The molecular weight excluding hydrogens is 460 g/mol. The number of carbonyl (C=O) groups excluding carboxylic acids is 1. The number of piperazine rings is 2. The van der Waals surface area contributed by atoms with Gasteiger partial charge >= 0.3 is 0 Å². The molecule has 0 radical (unpaired) electrons. The Morgan fingerprint density at radius 3 is 2.09 bits per heavy atom. The fourth-order valence-electron chi connectivity index (χ4n) is 5.20. The zero-order valence-corrected chi connectivity index (χ0v) is 21.3. The van der Waals surface area contributed by atoms with Gasteiger partial charge in [0.1, 0.15) is 0 Å². The van der Waals surface area contributed by atoms with Crippen molar-refractivity contribution in [2.24, 2.45) is 0 Å². The van der Waals surface area contributed by atoms with Gasteiger partial charge in [-0.15, -0.1) is 0 Å². The van der Waals surface area contributed by atoms with Crippen LogP contribution in [0.15, 0.2) is 54.6 Å². The predicted octanol–water partition coefficient (Wildman–Crippen LogP) is 3.61. The molecule has 2 aromatic carbocycles. The first-order chi connectivity index (χ1) is 17.0. The number of benzene rings is 2. The number of hydrogen-bond donors (Lipinski definition) is 0. The van der Waals surface area contributed by atoms with Crippen molar-refractivity contribution in [2.45, 2.75) is 13.8 Å². The molecular formula is C27H33ClN6O. The van der Waals surface area contributed by atoms with Crippen molar-refractivity contribution in [3.63, 3.8) is 0 Å². The summed E-state index contributed by atoms with van der Waals surface area (Å²) in [5.41, 5.74) is 5.68. The molecule has 0 spiro atoms. The van der Waals surface area contributed by atoms with Crippen LogP contribution < -0.4 is 9.80 Å². The van der Waals surface area contributed by atoms with Crippen LogP contribution in [0.4, 0.5) is 11.4 Å². The predicted molar refractivity (Wildman–Crippen MR) is 142 cm³/mol. The van der Waals surface area contributed by atoms with Gasteiger partial charge in [0.25, 0.3) is 0 Å². The van der Waals surface area contributed by atoms with E-state index in [4.69, 9.17) is 16.7 Å². The summed E-state index contributed by atoms with van der Waals surface area (Å²) in [6.45, 7) is 11.5. The molecule has 1 aromatic heterocycles. The number of aromatic nitrogens is 2. The summed E-state index contributed by atoms with van der Waals surface area (Å²) in [5.74, 6) is 0.235. The lowest BCUT2D eigenvalue weighted by Crippen LogP contribution is -2.54. The number of carbonyl (C=O) groups is 1. The van der Waals surface area contributed by atoms with E-state index in [1.807, 2.05) is 52.0 Å². The second kappa shape index (κ2) is 10.3. The number of amides is 1. The molecule has 35 heavy (non-hydrogen) atoms. The highest BCUT2D eigenvalue weighted by atomic mass is 35.5. The number of hydrogen-bond acceptors (Lipinski definition) is 5. The molecule has 0 aliphatic carbocycles. The molecule has 5 rings (SSSR count). The highest BCUT2D eigenvalue weighted by Gasteiger charge is 2.27. The Kier molecular flexibility index (Phi) is 6.97. The van der Waals surface area contributed by atoms with E-state index >= 15 is 0 Å². The van der Waals surface area contributed by atoms with Crippen LogP contribution in [0.2, 0.25) is 5.02 Å². The summed E-state index contributed by atoms with van der Waals surface area (Å²) in [7, 11) is 0. The van der Waals surface area contributed by atoms with Crippen molar-refractivity contribution in [2.75, 3.05) is 68.7 Å². The summed E-state index contributed by atoms with van der Waals surface area (Å²) in [4.78, 5) is 22.0. The zero-order chi connectivity index (χ0) is 24.4. The molecule has 8 heteroatoms. The van der Waals surface area contributed by atoms with E-state index < -0.39 is 0 Å². The van der Waals surface area contributed by atoms with Crippen molar-refractivity contribution < 1.29 is 4.79 Å². The van der Waals surface area contributed by atoms with Gasteiger partial charge in [-0.3, -0.25) is 9.69 Å². The first-order valence-corrected chi connectivity index (χ1v) is 12.7. The van der Waals surface area contributed by atoms with Crippen molar-refractivity contribution in [3.8, 4) is 5.69 Å². The molecule has 3 aromatic rings. The topological polar surface area (TPSA) is 47.9 Å². The van der Waals surface area contributed by atoms with Crippen LogP contribution in [0.5, 0.6) is 0 Å². The van der Waals surface area contributed by atoms with Crippen LogP contribution in [0, 0.1) is 13.8 Å². The van der Waals surface area contributed by atoms with Gasteiger partial charge in [-0.1, -0.05) is 29.8 Å². The van der Waals surface area contributed by atoms with Crippen LogP contribution in [-0.4, -0.2) is 84.4 Å². The van der Waals surface area contributed by atoms with Gasteiger partial charge in [-0.2, -0.15) is 5.10 Å². The van der Waals surface area contributed by atoms with Crippen molar-refractivity contribution >= 4 is 28.9 Å². The minimum Gasteiger partial charge on any atom is -0.368 e. The minimum absolute atomic E-state index is 0.235. The lowest BCUT2D eigenvalue weighted by atomic mass is 10.2. The fraction of sp³-hybridized carbons (Fsp3) is 0.407. The minimum atomic E-state index is 0.235. The average Bonchev–Trinajstić information content (AvgIpc) is 3.19. The van der Waals surface area contributed by atoms with Gasteiger partial charge in [0.05, 0.1) is 29.3 Å². The summed E-state index contributed by atoms with van der Waals surface area (Å²) in [6, 6.07) is 18.2. The van der Waals surface area contributed by atoms with E-state index in [1.54, 1.807) is 0 Å². The SMILES string of the molecule is Cc1nn(-c2ccccc2)c(C)c1N1CCN(CC(=O)N2CCN(c3ccc(Cl)cc3)CC2)CC1. The van der Waals surface area contributed by atoms with Gasteiger partial charge in [0, 0.05) is 63.1 Å². The number of halogens is 1. The molecule has 0 saturated carbocycles. The van der Waals surface area contributed by atoms with Crippen LogP contribution in [-0.2, 0) is 4.79 Å². The Hall–Kier alpha value is -3.03. The quantitative estimate of drug-likeness (QED) is 0.544. The summed E-state index contributed by atoms with van der Waals surface area (Å²) >= 11 is 6.01. The molecule has 0 N–H and O–H groups in total. The maximum Gasteiger partial charge on any atom is 0.236 e. The zero-order valence-electron chi connectivity index (χ0n) is 20.5. The first-order valence-electron chi connectivity index (χ1n) is 12.4. The van der Waals surface area contributed by atoms with E-state index in [2.05, 4.69) is 40.7 Å². The summed E-state index contributed by atoms with van der Waals surface area (Å²) < 4.78 is 2.03. The number of para-hydroxylation sites is 1.